The van der Waals surface area contributed by atoms with Crippen LogP contribution < -0.4 is 5.32 Å². The number of aromatic nitrogens is 3. The van der Waals surface area contributed by atoms with E-state index in [2.05, 4.69) is 15.4 Å². The van der Waals surface area contributed by atoms with Crippen molar-refractivity contribution in [3.63, 3.8) is 0 Å². The minimum Gasteiger partial charge on any atom is -0.347 e. The molecule has 0 unspecified atom stereocenters. The van der Waals surface area contributed by atoms with Gasteiger partial charge in [-0.2, -0.15) is 5.10 Å². The van der Waals surface area contributed by atoms with Crippen molar-refractivity contribution in [1.29, 1.82) is 0 Å². The van der Waals surface area contributed by atoms with E-state index >= 15 is 0 Å². The maximum Gasteiger partial charge on any atom is 0.272 e. The van der Waals surface area contributed by atoms with Crippen LogP contribution in [-0.4, -0.2) is 20.7 Å². The number of hydrogen-bond acceptors (Lipinski definition) is 3. The standard InChI is InChI=1S/C16H13FN4O/c17-13-1-3-14(4-2-13)21-10-7-15(20-21)16(22)19-11-12-5-8-18-9-6-12/h1-10H,11H2,(H,19,22). The van der Waals surface area contributed by atoms with E-state index in [9.17, 15) is 9.18 Å². The predicted octanol–water partition coefficient (Wildman–Crippen LogP) is 2.34. The van der Waals surface area contributed by atoms with Crippen molar-refractivity contribution < 1.29 is 9.18 Å². The summed E-state index contributed by atoms with van der Waals surface area (Å²) in [5.41, 5.74) is 1.95. The van der Waals surface area contributed by atoms with Gasteiger partial charge < -0.3 is 5.32 Å². The summed E-state index contributed by atoms with van der Waals surface area (Å²) in [6.45, 7) is 0.408. The number of carbonyl (C=O) groups excluding carboxylic acids is 1. The fourth-order valence-corrected chi connectivity index (χ4v) is 1.96. The molecule has 5 nitrogen and oxygen atoms in total. The van der Waals surface area contributed by atoms with Gasteiger partial charge in [0.15, 0.2) is 5.69 Å². The lowest BCUT2D eigenvalue weighted by molar-refractivity contribution is 0.0945. The summed E-state index contributed by atoms with van der Waals surface area (Å²) < 4.78 is 14.4. The Hall–Kier alpha value is -3.02. The first-order chi connectivity index (χ1) is 10.7. The number of nitrogens with one attached hydrogen (secondary N) is 1. The molecule has 6 heteroatoms. The second-order valence-electron chi connectivity index (χ2n) is 4.66. The van der Waals surface area contributed by atoms with Gasteiger partial charge in [-0.15, -0.1) is 0 Å². The van der Waals surface area contributed by atoms with Gasteiger partial charge >= 0.3 is 0 Å². The van der Waals surface area contributed by atoms with Crippen LogP contribution in [0.5, 0.6) is 0 Å². The fraction of sp³-hybridized carbons (Fsp3) is 0.0625. The molecule has 0 spiro atoms. The number of halogens is 1. The second-order valence-corrected chi connectivity index (χ2v) is 4.66. The van der Waals surface area contributed by atoms with Crippen molar-refractivity contribution in [3.8, 4) is 5.69 Å². The highest BCUT2D eigenvalue weighted by Crippen LogP contribution is 2.09. The Morgan fingerprint density at radius 3 is 2.55 bits per heavy atom. The number of pyridine rings is 1. The topological polar surface area (TPSA) is 59.8 Å². The molecule has 0 aliphatic carbocycles. The Bertz CT molecular complexity index is 768. The zero-order valence-electron chi connectivity index (χ0n) is 11.6. The van der Waals surface area contributed by atoms with Crippen LogP contribution >= 0.6 is 0 Å². The van der Waals surface area contributed by atoms with E-state index in [4.69, 9.17) is 0 Å². The van der Waals surface area contributed by atoms with Crippen LogP contribution in [0.2, 0.25) is 0 Å². The molecule has 1 N–H and O–H groups in total. The molecule has 0 saturated carbocycles. The van der Waals surface area contributed by atoms with Crippen molar-refractivity contribution in [2.75, 3.05) is 0 Å². The number of nitrogens with zero attached hydrogens (tertiary/aromatic N) is 3. The number of amides is 1. The summed E-state index contributed by atoms with van der Waals surface area (Å²) in [5, 5.41) is 6.98. The molecule has 0 aliphatic rings. The Balaban J connectivity index is 1.68. The van der Waals surface area contributed by atoms with Gasteiger partial charge in [-0.3, -0.25) is 9.78 Å². The minimum absolute atomic E-state index is 0.266. The smallest absolute Gasteiger partial charge is 0.272 e. The lowest BCUT2D eigenvalue weighted by atomic mass is 10.2. The molecule has 2 aromatic heterocycles. The van der Waals surface area contributed by atoms with E-state index < -0.39 is 0 Å². The number of carbonyl (C=O) groups is 1. The molecule has 1 amide bonds. The third-order valence-corrected chi connectivity index (χ3v) is 3.12. The van der Waals surface area contributed by atoms with Gasteiger partial charge in [0.2, 0.25) is 0 Å². The van der Waals surface area contributed by atoms with Crippen LogP contribution in [0.15, 0.2) is 61.1 Å². The van der Waals surface area contributed by atoms with Crippen LogP contribution in [0.25, 0.3) is 5.69 Å². The van der Waals surface area contributed by atoms with Crippen LogP contribution in [0.4, 0.5) is 4.39 Å². The summed E-state index contributed by atoms with van der Waals surface area (Å²) in [6, 6.07) is 11.2. The first-order valence-electron chi connectivity index (χ1n) is 6.71. The van der Waals surface area contributed by atoms with Crippen molar-refractivity contribution in [1.82, 2.24) is 20.1 Å². The molecular formula is C16H13FN4O. The highest BCUT2D eigenvalue weighted by molar-refractivity contribution is 5.92. The van der Waals surface area contributed by atoms with Gasteiger partial charge in [-0.25, -0.2) is 9.07 Å². The van der Waals surface area contributed by atoms with Crippen LogP contribution in [0, 0.1) is 5.82 Å². The average molecular weight is 296 g/mol. The zero-order valence-corrected chi connectivity index (χ0v) is 11.6. The Kier molecular flexibility index (Phi) is 3.91. The Labute approximate surface area is 126 Å². The van der Waals surface area contributed by atoms with Crippen LogP contribution in [-0.2, 0) is 6.54 Å². The molecule has 0 bridgehead atoms. The number of rotatable bonds is 4. The molecule has 22 heavy (non-hydrogen) atoms. The van der Waals surface area contributed by atoms with Gasteiger partial charge in [0.25, 0.3) is 5.91 Å². The first kappa shape index (κ1) is 13.9. The van der Waals surface area contributed by atoms with E-state index in [0.717, 1.165) is 5.56 Å². The quantitative estimate of drug-likeness (QED) is 0.804. The number of benzene rings is 1. The third-order valence-electron chi connectivity index (χ3n) is 3.12. The minimum atomic E-state index is -0.314. The average Bonchev–Trinajstić information content (AvgIpc) is 3.04. The fourth-order valence-electron chi connectivity index (χ4n) is 1.96. The van der Waals surface area contributed by atoms with Crippen molar-refractivity contribution in [2.24, 2.45) is 0 Å². The highest BCUT2D eigenvalue weighted by atomic mass is 19.1. The molecule has 0 radical (unpaired) electrons. The summed E-state index contributed by atoms with van der Waals surface area (Å²) in [6.07, 6.45) is 5.00. The molecule has 0 aliphatic heterocycles. The van der Waals surface area contributed by atoms with E-state index in [1.165, 1.54) is 16.8 Å². The summed E-state index contributed by atoms with van der Waals surface area (Å²) >= 11 is 0. The van der Waals surface area contributed by atoms with E-state index in [1.54, 1.807) is 36.8 Å². The molecule has 3 aromatic rings. The van der Waals surface area contributed by atoms with E-state index in [1.807, 2.05) is 12.1 Å². The monoisotopic (exact) mass is 296 g/mol. The van der Waals surface area contributed by atoms with Crippen LogP contribution in [0.1, 0.15) is 16.1 Å². The highest BCUT2D eigenvalue weighted by Gasteiger charge is 2.10. The van der Waals surface area contributed by atoms with Crippen molar-refractivity contribution in [2.45, 2.75) is 6.54 Å². The first-order valence-corrected chi connectivity index (χ1v) is 6.71. The molecule has 0 atom stereocenters. The molecule has 0 fully saturated rings. The largest absolute Gasteiger partial charge is 0.347 e. The normalized spacial score (nSPS) is 10.4. The summed E-state index contributed by atoms with van der Waals surface area (Å²) in [5.74, 6) is -0.580. The SMILES string of the molecule is O=C(NCc1ccncc1)c1ccn(-c2ccc(F)cc2)n1. The predicted molar refractivity (Wildman–Crippen MR) is 78.9 cm³/mol. The molecular weight excluding hydrogens is 283 g/mol. The molecule has 3 rings (SSSR count). The lowest BCUT2D eigenvalue weighted by Gasteiger charge is -2.03. The van der Waals surface area contributed by atoms with Gasteiger partial charge in [0.05, 0.1) is 5.69 Å². The van der Waals surface area contributed by atoms with Gasteiger partial charge in [0, 0.05) is 25.1 Å². The third kappa shape index (κ3) is 3.17. The molecule has 2 heterocycles. The van der Waals surface area contributed by atoms with Crippen molar-refractivity contribution >= 4 is 5.91 Å². The maximum absolute atomic E-state index is 12.9. The molecule has 110 valence electrons. The van der Waals surface area contributed by atoms with Gasteiger partial charge in [-0.1, -0.05) is 0 Å². The van der Waals surface area contributed by atoms with Crippen molar-refractivity contribution in [3.05, 3.63) is 78.1 Å². The molecule has 0 saturated heterocycles. The van der Waals surface area contributed by atoms with Gasteiger partial charge in [0.1, 0.15) is 5.82 Å². The summed E-state index contributed by atoms with van der Waals surface area (Å²) in [4.78, 5) is 16.0. The Morgan fingerprint density at radius 2 is 1.82 bits per heavy atom. The zero-order chi connectivity index (χ0) is 15.4. The van der Waals surface area contributed by atoms with E-state index in [-0.39, 0.29) is 11.7 Å². The van der Waals surface area contributed by atoms with Crippen LogP contribution in [0.3, 0.4) is 0 Å². The number of hydrogen-bond donors (Lipinski definition) is 1. The maximum atomic E-state index is 12.9. The summed E-state index contributed by atoms with van der Waals surface area (Å²) in [7, 11) is 0. The van der Waals surface area contributed by atoms with Gasteiger partial charge in [-0.05, 0) is 48.0 Å². The van der Waals surface area contributed by atoms with E-state index in [0.29, 0.717) is 17.9 Å². The molecule has 1 aromatic carbocycles. The Morgan fingerprint density at radius 1 is 1.09 bits per heavy atom. The lowest BCUT2D eigenvalue weighted by Crippen LogP contribution is -2.23. The second kappa shape index (κ2) is 6.17.